The van der Waals surface area contributed by atoms with E-state index < -0.39 is 17.6 Å². The molecule has 0 fully saturated rings. The Morgan fingerprint density at radius 2 is 1.64 bits per heavy atom. The normalized spacial score (nSPS) is 11.0. The molecular weight excluding hydrogens is 496 g/mol. The number of aromatic carboxylic acids is 1. The topological polar surface area (TPSA) is 125 Å². The van der Waals surface area contributed by atoms with Crippen molar-refractivity contribution in [2.45, 2.75) is 32.7 Å². The van der Waals surface area contributed by atoms with Gasteiger partial charge in [-0.3, -0.25) is 9.36 Å². The predicted molar refractivity (Wildman–Crippen MR) is 144 cm³/mol. The van der Waals surface area contributed by atoms with Crippen molar-refractivity contribution in [1.29, 1.82) is 0 Å². The highest BCUT2D eigenvalue weighted by Crippen LogP contribution is 2.26. The molecule has 0 aliphatic heterocycles. The minimum absolute atomic E-state index is 0.127. The van der Waals surface area contributed by atoms with Gasteiger partial charge in [0, 0.05) is 11.1 Å². The number of hydrogen-bond donors (Lipinski definition) is 1. The minimum Gasteiger partial charge on any atom is -0.477 e. The van der Waals surface area contributed by atoms with E-state index in [2.05, 4.69) is 15.5 Å². The average Bonchev–Trinajstić information content (AvgIpc) is 3.60. The highest BCUT2D eigenvalue weighted by molar-refractivity contribution is 6.01. The van der Waals surface area contributed by atoms with Gasteiger partial charge in [-0.25, -0.2) is 14.2 Å². The molecule has 0 amide bonds. The van der Waals surface area contributed by atoms with E-state index in [9.17, 15) is 19.5 Å². The van der Waals surface area contributed by atoms with Crippen molar-refractivity contribution in [3.05, 3.63) is 118 Å². The first-order valence-corrected chi connectivity index (χ1v) is 12.6. The van der Waals surface area contributed by atoms with Gasteiger partial charge in [-0.1, -0.05) is 74.0 Å². The highest BCUT2D eigenvalue weighted by Gasteiger charge is 2.28. The SMILES string of the molecule is CCCCc1c(C(=O)O)n(C(=O)c2ccccc2)c(=O)n1Cc1ccc(-c2ccccc2-n2cnnn2)cc1. The number of carbonyl (C=O) groups is 2. The van der Waals surface area contributed by atoms with Gasteiger partial charge in [0.25, 0.3) is 5.91 Å². The van der Waals surface area contributed by atoms with Crippen LogP contribution in [-0.2, 0) is 13.0 Å². The molecule has 196 valence electrons. The Hall–Kier alpha value is -5.12. The second-order valence-electron chi connectivity index (χ2n) is 9.05. The highest BCUT2D eigenvalue weighted by atomic mass is 16.4. The molecule has 0 aliphatic carbocycles. The molecule has 0 saturated heterocycles. The number of aromatic nitrogens is 6. The van der Waals surface area contributed by atoms with Crippen LogP contribution in [0, 0.1) is 0 Å². The van der Waals surface area contributed by atoms with Crippen LogP contribution in [-0.4, -0.2) is 46.3 Å². The summed E-state index contributed by atoms with van der Waals surface area (Å²) < 4.78 is 3.78. The largest absolute Gasteiger partial charge is 0.477 e. The van der Waals surface area contributed by atoms with Gasteiger partial charge in [0.15, 0.2) is 5.69 Å². The van der Waals surface area contributed by atoms with E-state index in [4.69, 9.17) is 0 Å². The molecule has 5 rings (SSSR count). The molecule has 5 aromatic rings. The molecule has 2 aromatic heterocycles. The molecule has 0 unspecified atom stereocenters. The molecule has 10 heteroatoms. The summed E-state index contributed by atoms with van der Waals surface area (Å²) in [6.45, 7) is 2.11. The fourth-order valence-corrected chi connectivity index (χ4v) is 4.63. The van der Waals surface area contributed by atoms with E-state index in [1.54, 1.807) is 35.0 Å². The van der Waals surface area contributed by atoms with Crippen LogP contribution in [0.5, 0.6) is 0 Å². The van der Waals surface area contributed by atoms with E-state index in [-0.39, 0.29) is 17.8 Å². The lowest BCUT2D eigenvalue weighted by Crippen LogP contribution is -2.31. The average molecular weight is 523 g/mol. The summed E-state index contributed by atoms with van der Waals surface area (Å²) in [5.74, 6) is -1.97. The minimum atomic E-state index is -1.31. The van der Waals surface area contributed by atoms with Gasteiger partial charge < -0.3 is 5.11 Å². The Balaban J connectivity index is 1.54. The number of carbonyl (C=O) groups excluding carboxylic acids is 1. The van der Waals surface area contributed by atoms with E-state index in [0.29, 0.717) is 18.5 Å². The van der Waals surface area contributed by atoms with Gasteiger partial charge in [-0.15, -0.1) is 5.10 Å². The van der Waals surface area contributed by atoms with E-state index in [1.165, 1.54) is 10.9 Å². The Kier molecular flexibility index (Phi) is 7.26. The van der Waals surface area contributed by atoms with Gasteiger partial charge in [0.2, 0.25) is 0 Å². The fraction of sp³-hybridized carbons (Fsp3) is 0.172. The van der Waals surface area contributed by atoms with Gasteiger partial charge in [0.05, 0.1) is 17.9 Å². The summed E-state index contributed by atoms with van der Waals surface area (Å²) >= 11 is 0. The summed E-state index contributed by atoms with van der Waals surface area (Å²) in [7, 11) is 0. The third-order valence-corrected chi connectivity index (χ3v) is 6.54. The molecule has 1 N–H and O–H groups in total. The number of tetrazole rings is 1. The third-order valence-electron chi connectivity index (χ3n) is 6.54. The van der Waals surface area contributed by atoms with Crippen molar-refractivity contribution in [3.63, 3.8) is 0 Å². The van der Waals surface area contributed by atoms with Gasteiger partial charge in [-0.05, 0) is 52.6 Å². The Labute approximate surface area is 223 Å². The van der Waals surface area contributed by atoms with Gasteiger partial charge >= 0.3 is 11.7 Å². The smallest absolute Gasteiger partial charge is 0.354 e. The summed E-state index contributed by atoms with van der Waals surface area (Å²) in [6.07, 6.45) is 3.37. The van der Waals surface area contributed by atoms with E-state index in [0.717, 1.165) is 33.4 Å². The number of hydrogen-bond acceptors (Lipinski definition) is 6. The van der Waals surface area contributed by atoms with Crippen molar-refractivity contribution >= 4 is 11.9 Å². The van der Waals surface area contributed by atoms with E-state index >= 15 is 0 Å². The summed E-state index contributed by atoms with van der Waals surface area (Å²) in [4.78, 5) is 39.2. The monoisotopic (exact) mass is 522 g/mol. The van der Waals surface area contributed by atoms with Gasteiger partial charge in [-0.2, -0.15) is 4.68 Å². The van der Waals surface area contributed by atoms with Crippen LogP contribution in [0.4, 0.5) is 0 Å². The zero-order valence-corrected chi connectivity index (χ0v) is 21.3. The quantitative estimate of drug-likeness (QED) is 0.309. The maximum Gasteiger partial charge on any atom is 0.354 e. The van der Waals surface area contributed by atoms with Crippen molar-refractivity contribution in [2.75, 3.05) is 0 Å². The lowest BCUT2D eigenvalue weighted by atomic mass is 10.0. The number of benzene rings is 3. The van der Waals surface area contributed by atoms with Crippen molar-refractivity contribution in [2.24, 2.45) is 0 Å². The maximum absolute atomic E-state index is 13.6. The first-order chi connectivity index (χ1) is 19.0. The van der Waals surface area contributed by atoms with Gasteiger partial charge in [0.1, 0.15) is 6.33 Å². The lowest BCUT2D eigenvalue weighted by Gasteiger charge is -2.11. The van der Waals surface area contributed by atoms with E-state index in [1.807, 2.05) is 55.5 Å². The first kappa shape index (κ1) is 25.5. The van der Waals surface area contributed by atoms with Crippen LogP contribution >= 0.6 is 0 Å². The van der Waals surface area contributed by atoms with Crippen LogP contribution in [0.3, 0.4) is 0 Å². The molecule has 0 bridgehead atoms. The molecule has 39 heavy (non-hydrogen) atoms. The number of nitrogens with zero attached hydrogens (tertiary/aromatic N) is 6. The number of imidazole rings is 1. The summed E-state index contributed by atoms with van der Waals surface area (Å²) in [6, 6.07) is 23.6. The molecule has 0 aliphatic rings. The van der Waals surface area contributed by atoms with Crippen LogP contribution < -0.4 is 5.69 Å². The Morgan fingerprint density at radius 3 is 2.31 bits per heavy atom. The van der Waals surface area contributed by atoms with Crippen LogP contribution in [0.15, 0.2) is 90.0 Å². The Morgan fingerprint density at radius 1 is 0.923 bits per heavy atom. The first-order valence-electron chi connectivity index (χ1n) is 12.6. The number of rotatable bonds is 9. The van der Waals surface area contributed by atoms with Crippen LogP contribution in [0.1, 0.15) is 51.9 Å². The number of unbranched alkanes of at least 4 members (excludes halogenated alkanes) is 1. The molecule has 0 saturated carbocycles. The van der Waals surface area contributed by atoms with Crippen LogP contribution in [0.25, 0.3) is 16.8 Å². The molecule has 10 nitrogen and oxygen atoms in total. The fourth-order valence-electron chi connectivity index (χ4n) is 4.63. The predicted octanol–water partition coefficient (Wildman–Crippen LogP) is 4.07. The molecule has 2 heterocycles. The summed E-state index contributed by atoms with van der Waals surface area (Å²) in [5.41, 5.74) is 3.08. The number of carboxylic acids is 1. The summed E-state index contributed by atoms with van der Waals surface area (Å²) in [5, 5.41) is 21.5. The second-order valence-corrected chi connectivity index (χ2v) is 9.05. The molecular formula is C29H26N6O4. The Bertz CT molecular complexity index is 1670. The molecule has 0 atom stereocenters. The number of carboxylic acid groups (broad SMARTS) is 1. The standard InChI is InChI=1S/C29H26N6O4/c1-2-3-12-25-26(28(37)38)35(27(36)22-9-5-4-6-10-22)29(39)33(25)18-20-14-16-21(17-15-20)23-11-7-8-13-24(23)34-19-30-31-32-34/h4-11,13-17,19H,2-3,12,18H2,1H3,(H,37,38). The zero-order valence-electron chi connectivity index (χ0n) is 21.3. The molecule has 0 radical (unpaired) electrons. The van der Waals surface area contributed by atoms with Crippen molar-refractivity contribution in [3.8, 4) is 16.8 Å². The zero-order chi connectivity index (χ0) is 27.4. The maximum atomic E-state index is 13.6. The number of para-hydroxylation sites is 1. The van der Waals surface area contributed by atoms with Crippen LogP contribution in [0.2, 0.25) is 0 Å². The van der Waals surface area contributed by atoms with Crippen molar-refractivity contribution in [1.82, 2.24) is 29.3 Å². The molecule has 3 aromatic carbocycles. The molecule has 0 spiro atoms. The lowest BCUT2D eigenvalue weighted by molar-refractivity contribution is 0.0674. The second kappa shape index (κ2) is 11.1. The third kappa shape index (κ3) is 5.04. The van der Waals surface area contributed by atoms with Crippen molar-refractivity contribution < 1.29 is 14.7 Å².